The fourth-order valence-electron chi connectivity index (χ4n) is 0.531. The van der Waals surface area contributed by atoms with Crippen LogP contribution in [0, 0.1) is 0 Å². The van der Waals surface area contributed by atoms with Crippen LogP contribution in [0.25, 0.3) is 0 Å². The van der Waals surface area contributed by atoms with Gasteiger partial charge in [0, 0.05) is 6.61 Å². The van der Waals surface area contributed by atoms with E-state index in [1.54, 1.807) is 0 Å². The third-order valence-corrected chi connectivity index (χ3v) is 1.04. The van der Waals surface area contributed by atoms with Gasteiger partial charge in [0.15, 0.2) is 0 Å². The van der Waals surface area contributed by atoms with Crippen LogP contribution in [0.3, 0.4) is 0 Å². The van der Waals surface area contributed by atoms with E-state index in [4.69, 9.17) is 9.47 Å². The van der Waals surface area contributed by atoms with Gasteiger partial charge in [-0.15, -0.1) is 6.58 Å². The minimum atomic E-state index is 0.696. The molecule has 0 aliphatic rings. The SMILES string of the molecule is C=CCCOCCOCC. The van der Waals surface area contributed by atoms with E-state index in [0.717, 1.165) is 19.6 Å². The van der Waals surface area contributed by atoms with Gasteiger partial charge in [-0.1, -0.05) is 6.08 Å². The first kappa shape index (κ1) is 9.66. The van der Waals surface area contributed by atoms with Gasteiger partial charge in [-0.25, -0.2) is 0 Å². The van der Waals surface area contributed by atoms with Crippen molar-refractivity contribution >= 4 is 0 Å². The summed E-state index contributed by atoms with van der Waals surface area (Å²) < 4.78 is 10.2. The molecule has 0 amide bonds. The summed E-state index contributed by atoms with van der Waals surface area (Å²) in [6, 6.07) is 0. The highest BCUT2D eigenvalue weighted by molar-refractivity contribution is 4.64. The zero-order chi connectivity index (χ0) is 7.66. The second-order valence-corrected chi connectivity index (χ2v) is 1.89. The average molecular weight is 144 g/mol. The second-order valence-electron chi connectivity index (χ2n) is 1.89. The van der Waals surface area contributed by atoms with Crippen molar-refractivity contribution in [3.63, 3.8) is 0 Å². The van der Waals surface area contributed by atoms with Crippen LogP contribution in [0.4, 0.5) is 0 Å². The van der Waals surface area contributed by atoms with E-state index < -0.39 is 0 Å². The van der Waals surface area contributed by atoms with E-state index in [0.29, 0.717) is 13.2 Å². The molecule has 0 N–H and O–H groups in total. The van der Waals surface area contributed by atoms with Crippen LogP contribution in [0.15, 0.2) is 12.7 Å². The number of hydrogen-bond donors (Lipinski definition) is 0. The Morgan fingerprint density at radius 3 is 2.50 bits per heavy atom. The van der Waals surface area contributed by atoms with Crippen molar-refractivity contribution in [2.24, 2.45) is 0 Å². The van der Waals surface area contributed by atoms with Crippen LogP contribution in [0.2, 0.25) is 0 Å². The molecule has 0 atom stereocenters. The third kappa shape index (κ3) is 7.66. The van der Waals surface area contributed by atoms with Gasteiger partial charge in [0.05, 0.1) is 19.8 Å². The average Bonchev–Trinajstić information content (AvgIpc) is 1.97. The van der Waals surface area contributed by atoms with Gasteiger partial charge in [0.1, 0.15) is 0 Å². The first-order valence-electron chi connectivity index (χ1n) is 3.68. The monoisotopic (exact) mass is 144 g/mol. The quantitative estimate of drug-likeness (QED) is 0.399. The lowest BCUT2D eigenvalue weighted by Gasteiger charge is -2.01. The highest BCUT2D eigenvalue weighted by atomic mass is 16.5. The molecule has 2 nitrogen and oxygen atoms in total. The highest BCUT2D eigenvalue weighted by Crippen LogP contribution is 1.83. The molecule has 0 aromatic carbocycles. The summed E-state index contributed by atoms with van der Waals surface area (Å²) in [6.45, 7) is 8.49. The first-order valence-corrected chi connectivity index (χ1v) is 3.68. The van der Waals surface area contributed by atoms with Crippen molar-refractivity contribution in [2.75, 3.05) is 26.4 Å². The minimum Gasteiger partial charge on any atom is -0.379 e. The van der Waals surface area contributed by atoms with Gasteiger partial charge in [-0.2, -0.15) is 0 Å². The van der Waals surface area contributed by atoms with Crippen molar-refractivity contribution in [3.8, 4) is 0 Å². The standard InChI is InChI=1S/C8H16O2/c1-3-5-6-10-8-7-9-4-2/h3H,1,4-8H2,2H3. The zero-order valence-corrected chi connectivity index (χ0v) is 6.64. The Hall–Kier alpha value is -0.340. The molecule has 0 fully saturated rings. The van der Waals surface area contributed by atoms with Crippen molar-refractivity contribution in [1.29, 1.82) is 0 Å². The van der Waals surface area contributed by atoms with Crippen molar-refractivity contribution in [2.45, 2.75) is 13.3 Å². The molecule has 0 rings (SSSR count). The smallest absolute Gasteiger partial charge is 0.0700 e. The second kappa shape index (κ2) is 8.66. The van der Waals surface area contributed by atoms with E-state index in [1.807, 2.05) is 13.0 Å². The largest absolute Gasteiger partial charge is 0.379 e. The van der Waals surface area contributed by atoms with E-state index >= 15 is 0 Å². The Balaban J connectivity index is 2.70. The molecule has 0 bridgehead atoms. The lowest BCUT2D eigenvalue weighted by Crippen LogP contribution is -2.04. The minimum absolute atomic E-state index is 0.696. The Kier molecular flexibility index (Phi) is 8.37. The van der Waals surface area contributed by atoms with Crippen molar-refractivity contribution in [1.82, 2.24) is 0 Å². The van der Waals surface area contributed by atoms with Gasteiger partial charge >= 0.3 is 0 Å². The molecular formula is C8H16O2. The molecule has 0 saturated heterocycles. The summed E-state index contributed by atoms with van der Waals surface area (Å²) in [5.41, 5.74) is 0. The van der Waals surface area contributed by atoms with E-state index in [1.165, 1.54) is 0 Å². The molecule has 60 valence electrons. The van der Waals surface area contributed by atoms with E-state index in [9.17, 15) is 0 Å². The summed E-state index contributed by atoms with van der Waals surface area (Å²) in [7, 11) is 0. The van der Waals surface area contributed by atoms with Crippen LogP contribution in [0.5, 0.6) is 0 Å². The van der Waals surface area contributed by atoms with Gasteiger partial charge in [0.2, 0.25) is 0 Å². The molecule has 0 saturated carbocycles. The van der Waals surface area contributed by atoms with Gasteiger partial charge < -0.3 is 9.47 Å². The van der Waals surface area contributed by atoms with Crippen LogP contribution in [-0.2, 0) is 9.47 Å². The predicted molar refractivity (Wildman–Crippen MR) is 42.1 cm³/mol. The molecule has 0 aliphatic carbocycles. The molecular weight excluding hydrogens is 128 g/mol. The summed E-state index contributed by atoms with van der Waals surface area (Å²) in [5, 5.41) is 0. The Labute approximate surface area is 62.8 Å². The molecule has 2 heteroatoms. The zero-order valence-electron chi connectivity index (χ0n) is 6.64. The van der Waals surface area contributed by atoms with Gasteiger partial charge in [-0.3, -0.25) is 0 Å². The molecule has 0 spiro atoms. The number of rotatable bonds is 7. The number of ether oxygens (including phenoxy) is 2. The highest BCUT2D eigenvalue weighted by Gasteiger charge is 1.84. The molecule has 0 aromatic rings. The Bertz CT molecular complexity index is 71.7. The molecule has 0 aliphatic heterocycles. The maximum atomic E-state index is 5.18. The first-order chi connectivity index (χ1) is 4.91. The topological polar surface area (TPSA) is 18.5 Å². The van der Waals surface area contributed by atoms with E-state index in [2.05, 4.69) is 6.58 Å². The maximum Gasteiger partial charge on any atom is 0.0700 e. The fourth-order valence-corrected chi connectivity index (χ4v) is 0.531. The Morgan fingerprint density at radius 2 is 1.90 bits per heavy atom. The van der Waals surface area contributed by atoms with Gasteiger partial charge in [0.25, 0.3) is 0 Å². The van der Waals surface area contributed by atoms with Crippen LogP contribution >= 0.6 is 0 Å². The number of hydrogen-bond acceptors (Lipinski definition) is 2. The van der Waals surface area contributed by atoms with Crippen molar-refractivity contribution in [3.05, 3.63) is 12.7 Å². The summed E-state index contributed by atoms with van der Waals surface area (Å²) in [5.74, 6) is 0. The summed E-state index contributed by atoms with van der Waals surface area (Å²) in [6.07, 6.45) is 2.77. The maximum absolute atomic E-state index is 5.18. The van der Waals surface area contributed by atoms with Crippen LogP contribution in [0.1, 0.15) is 13.3 Å². The molecule has 10 heavy (non-hydrogen) atoms. The molecule has 0 radical (unpaired) electrons. The normalized spacial score (nSPS) is 9.70. The van der Waals surface area contributed by atoms with Crippen LogP contribution < -0.4 is 0 Å². The fraction of sp³-hybridized carbons (Fsp3) is 0.750. The third-order valence-electron chi connectivity index (χ3n) is 1.04. The summed E-state index contributed by atoms with van der Waals surface area (Å²) in [4.78, 5) is 0. The van der Waals surface area contributed by atoms with E-state index in [-0.39, 0.29) is 0 Å². The lowest BCUT2D eigenvalue weighted by atomic mass is 10.5. The van der Waals surface area contributed by atoms with Gasteiger partial charge in [-0.05, 0) is 13.3 Å². The lowest BCUT2D eigenvalue weighted by molar-refractivity contribution is 0.0547. The van der Waals surface area contributed by atoms with Crippen LogP contribution in [-0.4, -0.2) is 26.4 Å². The molecule has 0 aromatic heterocycles. The van der Waals surface area contributed by atoms with Crippen molar-refractivity contribution < 1.29 is 9.47 Å². The molecule has 0 heterocycles. The molecule has 0 unspecified atom stereocenters. The summed E-state index contributed by atoms with van der Waals surface area (Å²) >= 11 is 0. The Morgan fingerprint density at radius 1 is 1.20 bits per heavy atom. The predicted octanol–water partition coefficient (Wildman–Crippen LogP) is 1.62.